The SMILES string of the molecule is Cc1csc(SCCCCC(C)(C#N)NC(C)C)n1. The number of rotatable bonds is 8. The summed E-state index contributed by atoms with van der Waals surface area (Å²) in [5, 5.41) is 14.7. The summed E-state index contributed by atoms with van der Waals surface area (Å²) in [5.41, 5.74) is 0.710. The quantitative estimate of drug-likeness (QED) is 0.582. The summed E-state index contributed by atoms with van der Waals surface area (Å²) < 4.78 is 1.15. The molecule has 0 saturated heterocycles. The first-order chi connectivity index (χ1) is 8.95. The van der Waals surface area contributed by atoms with Crippen molar-refractivity contribution in [1.29, 1.82) is 5.26 Å². The fourth-order valence-corrected chi connectivity index (χ4v) is 3.86. The number of nitrogens with zero attached hydrogens (tertiary/aromatic N) is 2. The number of nitriles is 1. The molecular formula is C14H23N3S2. The van der Waals surface area contributed by atoms with Crippen molar-refractivity contribution in [3.63, 3.8) is 0 Å². The molecule has 19 heavy (non-hydrogen) atoms. The Kier molecular flexibility index (Phi) is 6.84. The zero-order chi connectivity index (χ0) is 14.3. The van der Waals surface area contributed by atoms with Crippen molar-refractivity contribution < 1.29 is 0 Å². The van der Waals surface area contributed by atoms with E-state index in [9.17, 15) is 5.26 Å². The van der Waals surface area contributed by atoms with E-state index in [1.54, 1.807) is 11.3 Å². The molecule has 0 fully saturated rings. The third kappa shape index (κ3) is 6.42. The molecule has 1 aromatic heterocycles. The van der Waals surface area contributed by atoms with Crippen LogP contribution in [0.15, 0.2) is 9.72 Å². The third-order valence-electron chi connectivity index (χ3n) is 2.75. The molecule has 1 aromatic rings. The summed E-state index contributed by atoms with van der Waals surface area (Å²) in [4.78, 5) is 4.43. The third-order valence-corrected chi connectivity index (χ3v) is 4.97. The molecule has 0 aliphatic carbocycles. The zero-order valence-corrected chi connectivity index (χ0v) is 13.8. The summed E-state index contributed by atoms with van der Waals surface area (Å²) in [7, 11) is 0. The Morgan fingerprint density at radius 2 is 2.26 bits per heavy atom. The average Bonchev–Trinajstić information content (AvgIpc) is 2.74. The number of nitrogens with one attached hydrogen (secondary N) is 1. The van der Waals surface area contributed by atoms with Crippen LogP contribution in [0.2, 0.25) is 0 Å². The molecule has 1 rings (SSSR count). The van der Waals surface area contributed by atoms with Gasteiger partial charge in [0.15, 0.2) is 0 Å². The second-order valence-electron chi connectivity index (χ2n) is 5.30. The highest BCUT2D eigenvalue weighted by Crippen LogP contribution is 2.24. The van der Waals surface area contributed by atoms with Crippen LogP contribution in [0.5, 0.6) is 0 Å². The number of thioether (sulfide) groups is 1. The molecule has 0 saturated carbocycles. The smallest absolute Gasteiger partial charge is 0.150 e. The molecule has 5 heteroatoms. The van der Waals surface area contributed by atoms with E-state index >= 15 is 0 Å². The van der Waals surface area contributed by atoms with Crippen molar-refractivity contribution in [1.82, 2.24) is 10.3 Å². The number of hydrogen-bond donors (Lipinski definition) is 1. The molecule has 0 aliphatic heterocycles. The van der Waals surface area contributed by atoms with Gasteiger partial charge in [0.2, 0.25) is 0 Å². The van der Waals surface area contributed by atoms with E-state index in [0.29, 0.717) is 6.04 Å². The minimum absolute atomic E-state index is 0.345. The Morgan fingerprint density at radius 3 is 2.79 bits per heavy atom. The van der Waals surface area contributed by atoms with E-state index in [1.165, 1.54) is 0 Å². The van der Waals surface area contributed by atoms with E-state index in [2.05, 4.69) is 35.6 Å². The molecule has 3 nitrogen and oxygen atoms in total. The molecule has 1 unspecified atom stereocenters. The van der Waals surface area contributed by atoms with Crippen LogP contribution >= 0.6 is 23.1 Å². The molecule has 1 N–H and O–H groups in total. The molecule has 0 bridgehead atoms. The lowest BCUT2D eigenvalue weighted by Crippen LogP contribution is -2.44. The average molecular weight is 297 g/mol. The molecule has 0 aliphatic rings. The first kappa shape index (κ1) is 16.5. The van der Waals surface area contributed by atoms with Crippen LogP contribution in [0.3, 0.4) is 0 Å². The molecule has 1 atom stereocenters. The van der Waals surface area contributed by atoms with Gasteiger partial charge in [0.05, 0.1) is 6.07 Å². The Balaban J connectivity index is 2.21. The predicted octanol–water partition coefficient (Wildman–Crippen LogP) is 3.99. The van der Waals surface area contributed by atoms with Gasteiger partial charge >= 0.3 is 0 Å². The number of aryl methyl sites for hydroxylation is 1. The van der Waals surface area contributed by atoms with Crippen LogP contribution in [0.25, 0.3) is 0 Å². The first-order valence-electron chi connectivity index (χ1n) is 6.69. The molecule has 106 valence electrons. The lowest BCUT2D eigenvalue weighted by Gasteiger charge is -2.25. The fourth-order valence-electron chi connectivity index (χ4n) is 1.94. The van der Waals surface area contributed by atoms with Crippen LogP contribution in [0, 0.1) is 18.3 Å². The minimum atomic E-state index is -0.392. The minimum Gasteiger partial charge on any atom is -0.297 e. The maximum atomic E-state index is 9.25. The monoisotopic (exact) mass is 297 g/mol. The summed E-state index contributed by atoms with van der Waals surface area (Å²) in [6.07, 6.45) is 3.10. The van der Waals surface area contributed by atoms with Gasteiger partial charge in [-0.2, -0.15) is 5.26 Å². The molecule has 1 heterocycles. The van der Waals surface area contributed by atoms with Crippen molar-refractivity contribution in [2.24, 2.45) is 0 Å². The Hall–Kier alpha value is -0.570. The maximum Gasteiger partial charge on any atom is 0.150 e. The van der Waals surface area contributed by atoms with E-state index in [1.807, 2.05) is 25.6 Å². The Bertz CT molecular complexity index is 423. The van der Waals surface area contributed by atoms with Crippen LogP contribution in [0.1, 0.15) is 45.7 Å². The second-order valence-corrected chi connectivity index (χ2v) is 7.50. The van der Waals surface area contributed by atoms with Gasteiger partial charge in [-0.15, -0.1) is 11.3 Å². The molecular weight excluding hydrogens is 274 g/mol. The van der Waals surface area contributed by atoms with E-state index in [0.717, 1.165) is 35.0 Å². The molecule has 0 amide bonds. The van der Waals surface area contributed by atoms with E-state index in [-0.39, 0.29) is 0 Å². The fraction of sp³-hybridized carbons (Fsp3) is 0.714. The van der Waals surface area contributed by atoms with Gasteiger partial charge in [-0.05, 0) is 47.0 Å². The standard InChI is InChI=1S/C14H23N3S2/c1-11(2)17-14(4,10-15)7-5-6-8-18-13-16-12(3)9-19-13/h9,11,17H,5-8H2,1-4H3. The number of hydrogen-bond acceptors (Lipinski definition) is 5. The van der Waals surface area contributed by atoms with Crippen molar-refractivity contribution in [3.05, 3.63) is 11.1 Å². The van der Waals surface area contributed by atoms with E-state index in [4.69, 9.17) is 0 Å². The number of thiazole rings is 1. The Labute approximate surface area is 124 Å². The van der Waals surface area contributed by atoms with Crippen LogP contribution in [0.4, 0.5) is 0 Å². The van der Waals surface area contributed by atoms with E-state index < -0.39 is 5.54 Å². The Morgan fingerprint density at radius 1 is 1.53 bits per heavy atom. The lowest BCUT2D eigenvalue weighted by atomic mass is 9.96. The van der Waals surface area contributed by atoms with Crippen molar-refractivity contribution in [3.8, 4) is 6.07 Å². The summed E-state index contributed by atoms with van der Waals surface area (Å²) in [6, 6.07) is 2.74. The van der Waals surface area contributed by atoms with Gasteiger partial charge in [0.25, 0.3) is 0 Å². The zero-order valence-electron chi connectivity index (χ0n) is 12.2. The van der Waals surface area contributed by atoms with Crippen LogP contribution in [-0.4, -0.2) is 22.3 Å². The molecule has 0 aromatic carbocycles. The van der Waals surface area contributed by atoms with Gasteiger partial charge in [-0.3, -0.25) is 5.32 Å². The van der Waals surface area contributed by atoms with Crippen LogP contribution in [-0.2, 0) is 0 Å². The lowest BCUT2D eigenvalue weighted by molar-refractivity contribution is 0.372. The normalized spacial score (nSPS) is 14.3. The highest BCUT2D eigenvalue weighted by atomic mass is 32.2. The van der Waals surface area contributed by atoms with Gasteiger partial charge in [-0.25, -0.2) is 4.98 Å². The highest BCUT2D eigenvalue weighted by molar-refractivity contribution is 8.00. The maximum absolute atomic E-state index is 9.25. The molecule has 0 radical (unpaired) electrons. The van der Waals surface area contributed by atoms with Gasteiger partial charge in [-0.1, -0.05) is 11.8 Å². The first-order valence-corrected chi connectivity index (χ1v) is 8.55. The van der Waals surface area contributed by atoms with Gasteiger partial charge < -0.3 is 0 Å². The topological polar surface area (TPSA) is 48.7 Å². The summed E-state index contributed by atoms with van der Waals surface area (Å²) in [6.45, 7) is 8.17. The second kappa shape index (κ2) is 7.88. The van der Waals surface area contributed by atoms with Crippen molar-refractivity contribution in [2.45, 2.75) is 62.9 Å². The summed E-state index contributed by atoms with van der Waals surface area (Å²) >= 11 is 3.53. The van der Waals surface area contributed by atoms with Crippen molar-refractivity contribution in [2.75, 3.05) is 5.75 Å². The van der Waals surface area contributed by atoms with Gasteiger partial charge in [0.1, 0.15) is 9.88 Å². The van der Waals surface area contributed by atoms with Crippen LogP contribution < -0.4 is 5.32 Å². The van der Waals surface area contributed by atoms with Gasteiger partial charge in [0, 0.05) is 22.9 Å². The van der Waals surface area contributed by atoms with Crippen molar-refractivity contribution >= 4 is 23.1 Å². The number of unbranched alkanes of at least 4 members (excludes halogenated alkanes) is 1. The molecule has 0 spiro atoms. The largest absolute Gasteiger partial charge is 0.297 e. The number of aromatic nitrogens is 1. The summed E-state index contributed by atoms with van der Waals surface area (Å²) in [5.74, 6) is 1.08. The highest BCUT2D eigenvalue weighted by Gasteiger charge is 2.23. The predicted molar refractivity (Wildman–Crippen MR) is 83.7 cm³/mol.